The topological polar surface area (TPSA) is 46.9 Å². The zero-order chi connectivity index (χ0) is 21.8. The van der Waals surface area contributed by atoms with E-state index in [1.807, 2.05) is 42.5 Å². The summed E-state index contributed by atoms with van der Waals surface area (Å²) in [5, 5.41) is 4.21. The third-order valence-electron chi connectivity index (χ3n) is 6.63. The van der Waals surface area contributed by atoms with E-state index in [9.17, 15) is 4.79 Å². The highest BCUT2D eigenvalue weighted by atomic mass is 35.5. The zero-order valence-electron chi connectivity index (χ0n) is 17.7. The molecular formula is C27H22ClN3O. The summed E-state index contributed by atoms with van der Waals surface area (Å²) in [6, 6.07) is 24.2. The predicted molar refractivity (Wildman–Crippen MR) is 128 cm³/mol. The molecule has 6 rings (SSSR count). The summed E-state index contributed by atoms with van der Waals surface area (Å²) in [4.78, 5) is 18.5. The SMILES string of the molecule is Cc1ccc(C2CC(=O)C3=C(C2)Nc2nc4ccccc4n2C3c2ccc(Cl)cc2)cc1. The highest BCUT2D eigenvalue weighted by molar-refractivity contribution is 6.30. The number of rotatable bonds is 2. The maximum Gasteiger partial charge on any atom is 0.209 e. The van der Waals surface area contributed by atoms with Crippen LogP contribution < -0.4 is 5.32 Å². The Morgan fingerprint density at radius 2 is 1.66 bits per heavy atom. The molecule has 0 amide bonds. The van der Waals surface area contributed by atoms with E-state index in [4.69, 9.17) is 16.6 Å². The quantitative estimate of drug-likeness (QED) is 0.392. The van der Waals surface area contributed by atoms with Gasteiger partial charge in [0.1, 0.15) is 0 Å². The lowest BCUT2D eigenvalue weighted by atomic mass is 9.77. The highest BCUT2D eigenvalue weighted by Crippen LogP contribution is 2.46. The van der Waals surface area contributed by atoms with Crippen molar-refractivity contribution in [1.82, 2.24) is 9.55 Å². The smallest absolute Gasteiger partial charge is 0.209 e. The number of nitrogens with one attached hydrogen (secondary N) is 1. The van der Waals surface area contributed by atoms with Crippen molar-refractivity contribution in [2.24, 2.45) is 0 Å². The van der Waals surface area contributed by atoms with Crippen molar-refractivity contribution in [3.63, 3.8) is 0 Å². The molecule has 2 aliphatic rings. The number of hydrogen-bond acceptors (Lipinski definition) is 3. The second-order valence-electron chi connectivity index (χ2n) is 8.70. The lowest BCUT2D eigenvalue weighted by Crippen LogP contribution is -2.33. The van der Waals surface area contributed by atoms with Gasteiger partial charge in [-0.25, -0.2) is 4.98 Å². The number of nitrogens with zero attached hydrogens (tertiary/aromatic N) is 2. The van der Waals surface area contributed by atoms with Gasteiger partial charge in [0.25, 0.3) is 0 Å². The molecule has 2 heterocycles. The van der Waals surface area contributed by atoms with E-state index >= 15 is 0 Å². The van der Waals surface area contributed by atoms with Crippen LogP contribution >= 0.6 is 11.6 Å². The fraction of sp³-hybridized carbons (Fsp3) is 0.185. The van der Waals surface area contributed by atoms with Gasteiger partial charge in [0, 0.05) is 22.7 Å². The number of Topliss-reactive ketones (excluding diaryl/α,β-unsaturated/α-hetero) is 1. The number of aryl methyl sites for hydroxylation is 1. The first-order chi connectivity index (χ1) is 15.6. The van der Waals surface area contributed by atoms with Gasteiger partial charge in [-0.3, -0.25) is 9.36 Å². The minimum Gasteiger partial charge on any atom is -0.329 e. The Morgan fingerprint density at radius 3 is 2.44 bits per heavy atom. The molecule has 158 valence electrons. The fourth-order valence-corrected chi connectivity index (χ4v) is 5.19. The van der Waals surface area contributed by atoms with Crippen LogP contribution in [-0.2, 0) is 4.79 Å². The van der Waals surface area contributed by atoms with Crippen LogP contribution in [0.4, 0.5) is 5.95 Å². The number of ketones is 1. The van der Waals surface area contributed by atoms with Crippen LogP contribution in [0.2, 0.25) is 5.02 Å². The molecule has 0 bridgehead atoms. The first kappa shape index (κ1) is 19.3. The summed E-state index contributed by atoms with van der Waals surface area (Å²) in [7, 11) is 0. The number of aromatic nitrogens is 2. The fourth-order valence-electron chi connectivity index (χ4n) is 5.06. The molecule has 0 fully saturated rings. The molecular weight excluding hydrogens is 418 g/mol. The van der Waals surface area contributed by atoms with Crippen molar-refractivity contribution in [1.29, 1.82) is 0 Å². The molecule has 1 aliphatic heterocycles. The maximum absolute atomic E-state index is 13.6. The summed E-state index contributed by atoms with van der Waals surface area (Å²) in [5.41, 5.74) is 7.21. The molecule has 1 N–H and O–H groups in total. The maximum atomic E-state index is 13.6. The van der Waals surface area contributed by atoms with Crippen LogP contribution in [0, 0.1) is 6.92 Å². The second kappa shape index (κ2) is 7.35. The minimum atomic E-state index is -0.225. The molecule has 5 heteroatoms. The molecule has 1 aliphatic carbocycles. The van der Waals surface area contributed by atoms with Crippen molar-refractivity contribution < 1.29 is 4.79 Å². The molecule has 0 spiro atoms. The van der Waals surface area contributed by atoms with E-state index in [2.05, 4.69) is 47.1 Å². The van der Waals surface area contributed by atoms with Gasteiger partial charge in [0.15, 0.2) is 5.78 Å². The van der Waals surface area contributed by atoms with Crippen LogP contribution in [0.25, 0.3) is 11.0 Å². The third-order valence-corrected chi connectivity index (χ3v) is 6.88. The Labute approximate surface area is 191 Å². The van der Waals surface area contributed by atoms with E-state index in [1.54, 1.807) is 0 Å². The van der Waals surface area contributed by atoms with Gasteiger partial charge in [-0.05, 0) is 54.7 Å². The molecule has 4 aromatic rings. The van der Waals surface area contributed by atoms with Gasteiger partial charge < -0.3 is 5.32 Å². The first-order valence-corrected chi connectivity index (χ1v) is 11.3. The average molecular weight is 440 g/mol. The van der Waals surface area contributed by atoms with Crippen LogP contribution in [0.15, 0.2) is 84.1 Å². The van der Waals surface area contributed by atoms with Crippen LogP contribution in [-0.4, -0.2) is 15.3 Å². The van der Waals surface area contributed by atoms with E-state index in [-0.39, 0.29) is 17.7 Å². The van der Waals surface area contributed by atoms with E-state index in [1.165, 1.54) is 11.1 Å². The lowest BCUT2D eigenvalue weighted by Gasteiger charge is -2.36. The molecule has 4 nitrogen and oxygen atoms in total. The summed E-state index contributed by atoms with van der Waals surface area (Å²) in [6.45, 7) is 2.08. The standard InChI is InChI=1S/C27H22ClN3O/c1-16-6-8-17(9-7-16)19-14-22-25(24(32)15-19)26(18-10-12-20(28)13-11-18)31-23-5-3-2-4-21(23)29-27(31)30-22/h2-13,19,26H,14-15H2,1H3,(H,29,30). The molecule has 2 unspecified atom stereocenters. The first-order valence-electron chi connectivity index (χ1n) is 10.9. The van der Waals surface area contributed by atoms with Crippen molar-refractivity contribution in [2.75, 3.05) is 5.32 Å². The summed E-state index contributed by atoms with van der Waals surface area (Å²) in [6.07, 6.45) is 1.30. The normalized spacial score (nSPS) is 20.1. The summed E-state index contributed by atoms with van der Waals surface area (Å²) >= 11 is 6.18. The number of hydrogen-bond donors (Lipinski definition) is 1. The zero-order valence-corrected chi connectivity index (χ0v) is 18.4. The lowest BCUT2D eigenvalue weighted by molar-refractivity contribution is -0.116. The van der Waals surface area contributed by atoms with E-state index in [0.29, 0.717) is 11.4 Å². The molecule has 0 saturated carbocycles. The molecule has 32 heavy (non-hydrogen) atoms. The Morgan fingerprint density at radius 1 is 0.938 bits per heavy atom. The number of para-hydroxylation sites is 2. The monoisotopic (exact) mass is 439 g/mol. The number of halogens is 1. The van der Waals surface area contributed by atoms with E-state index < -0.39 is 0 Å². The number of allylic oxidation sites excluding steroid dienone is 2. The number of carbonyl (C=O) groups is 1. The van der Waals surface area contributed by atoms with E-state index in [0.717, 1.165) is 40.2 Å². The Hall–Kier alpha value is -3.37. The third kappa shape index (κ3) is 3.06. The van der Waals surface area contributed by atoms with Crippen molar-refractivity contribution >= 4 is 34.4 Å². The molecule has 2 atom stereocenters. The Kier molecular flexibility index (Phi) is 4.44. The van der Waals surface area contributed by atoms with Gasteiger partial charge in [-0.15, -0.1) is 0 Å². The average Bonchev–Trinajstić information content (AvgIpc) is 3.17. The van der Waals surface area contributed by atoms with Crippen LogP contribution in [0.5, 0.6) is 0 Å². The molecule has 0 radical (unpaired) electrons. The predicted octanol–water partition coefficient (Wildman–Crippen LogP) is 6.41. The van der Waals surface area contributed by atoms with Gasteiger partial charge in [-0.2, -0.15) is 0 Å². The Bertz CT molecular complexity index is 1380. The number of anilines is 1. The van der Waals surface area contributed by atoms with Gasteiger partial charge in [0.2, 0.25) is 5.95 Å². The highest BCUT2D eigenvalue weighted by Gasteiger charge is 2.39. The summed E-state index contributed by atoms with van der Waals surface area (Å²) in [5.74, 6) is 1.13. The Balaban J connectivity index is 1.51. The number of benzene rings is 3. The molecule has 0 saturated heterocycles. The van der Waals surface area contributed by atoms with Crippen LogP contribution in [0.1, 0.15) is 41.5 Å². The van der Waals surface area contributed by atoms with Crippen molar-refractivity contribution in [3.8, 4) is 0 Å². The molecule has 1 aromatic heterocycles. The molecule has 3 aromatic carbocycles. The van der Waals surface area contributed by atoms with Gasteiger partial charge >= 0.3 is 0 Å². The van der Waals surface area contributed by atoms with Crippen molar-refractivity contribution in [2.45, 2.75) is 31.7 Å². The van der Waals surface area contributed by atoms with Gasteiger partial charge in [-0.1, -0.05) is 65.7 Å². The van der Waals surface area contributed by atoms with Crippen molar-refractivity contribution in [3.05, 3.63) is 106 Å². The van der Waals surface area contributed by atoms with Gasteiger partial charge in [0.05, 0.1) is 17.1 Å². The minimum absolute atomic E-state index is 0.163. The second-order valence-corrected chi connectivity index (χ2v) is 9.14. The number of carbonyl (C=O) groups excluding carboxylic acids is 1. The number of fused-ring (bicyclic) bond motifs is 3. The van der Waals surface area contributed by atoms with Crippen LogP contribution in [0.3, 0.4) is 0 Å². The largest absolute Gasteiger partial charge is 0.329 e. The summed E-state index contributed by atoms with van der Waals surface area (Å²) < 4.78 is 2.15. The number of imidazole rings is 1.